The summed E-state index contributed by atoms with van der Waals surface area (Å²) in [7, 11) is 0. The number of thiophene rings is 1. The van der Waals surface area contributed by atoms with Crippen molar-refractivity contribution < 1.29 is 0 Å². The van der Waals surface area contributed by atoms with Crippen LogP contribution in [0.4, 0.5) is 0 Å². The molecule has 1 atom stereocenters. The van der Waals surface area contributed by atoms with Gasteiger partial charge in [-0.2, -0.15) is 0 Å². The molecule has 1 heterocycles. The van der Waals surface area contributed by atoms with E-state index in [1.165, 1.54) is 47.8 Å². The lowest BCUT2D eigenvalue weighted by Gasteiger charge is -2.17. The fourth-order valence-electron chi connectivity index (χ4n) is 2.57. The van der Waals surface area contributed by atoms with Crippen LogP contribution in [-0.4, -0.2) is 6.04 Å². The van der Waals surface area contributed by atoms with Gasteiger partial charge in [-0.15, -0.1) is 11.3 Å². The first kappa shape index (κ1) is 14.5. The largest absolute Gasteiger partial charge is 0.310 e. The van der Waals surface area contributed by atoms with Crippen molar-refractivity contribution in [1.82, 2.24) is 5.32 Å². The summed E-state index contributed by atoms with van der Waals surface area (Å²) < 4.78 is 1.40. The highest BCUT2D eigenvalue weighted by Gasteiger charge is 2.08. The Bertz CT molecular complexity index is 489. The minimum absolute atomic E-state index is 0.684. The molecule has 0 fully saturated rings. The van der Waals surface area contributed by atoms with Gasteiger partial charge in [0.1, 0.15) is 0 Å². The van der Waals surface area contributed by atoms with Gasteiger partial charge in [0, 0.05) is 17.3 Å². The summed E-state index contributed by atoms with van der Waals surface area (Å²) in [5.74, 6) is 0. The Morgan fingerprint density at radius 3 is 2.74 bits per heavy atom. The Morgan fingerprint density at radius 1 is 1.11 bits per heavy atom. The number of fused-ring (bicyclic) bond motifs is 1. The summed E-state index contributed by atoms with van der Waals surface area (Å²) in [4.78, 5) is 0. The quantitative estimate of drug-likeness (QED) is 0.684. The second-order valence-electron chi connectivity index (χ2n) is 5.27. The van der Waals surface area contributed by atoms with Crippen molar-refractivity contribution in [3.05, 3.63) is 35.2 Å². The molecule has 2 heteroatoms. The molecular weight excluding hydrogens is 250 g/mol. The minimum Gasteiger partial charge on any atom is -0.310 e. The van der Waals surface area contributed by atoms with Gasteiger partial charge in [-0.25, -0.2) is 0 Å². The third-order valence-corrected chi connectivity index (χ3v) is 4.70. The Hall–Kier alpha value is -0.860. The molecule has 2 rings (SSSR count). The van der Waals surface area contributed by atoms with Gasteiger partial charge in [0.05, 0.1) is 0 Å². The van der Waals surface area contributed by atoms with Gasteiger partial charge in [0.15, 0.2) is 0 Å². The fourth-order valence-corrected chi connectivity index (χ4v) is 3.53. The molecule has 1 aromatic heterocycles. The smallest absolute Gasteiger partial charge is 0.0346 e. The van der Waals surface area contributed by atoms with E-state index >= 15 is 0 Å². The Kier molecular flexibility index (Phi) is 5.87. The monoisotopic (exact) mass is 275 g/mol. The summed E-state index contributed by atoms with van der Waals surface area (Å²) in [6.07, 6.45) is 6.51. The van der Waals surface area contributed by atoms with E-state index in [0.717, 1.165) is 6.54 Å². The molecule has 1 aromatic carbocycles. The lowest BCUT2D eigenvalue weighted by molar-refractivity contribution is 0.435. The summed E-state index contributed by atoms with van der Waals surface area (Å²) in [6.45, 7) is 5.56. The third kappa shape index (κ3) is 4.05. The van der Waals surface area contributed by atoms with E-state index in [1.54, 1.807) is 0 Å². The van der Waals surface area contributed by atoms with Gasteiger partial charge in [-0.3, -0.25) is 0 Å². The van der Waals surface area contributed by atoms with E-state index < -0.39 is 0 Å². The standard InChI is InChI=1S/C17H25NS/c1-3-5-9-15(8-4-2)18-12-14-13-19-17-11-7-6-10-16(14)17/h6-7,10-11,13,15,18H,3-5,8-9,12H2,1-2H3. The number of benzene rings is 1. The molecule has 0 amide bonds. The zero-order valence-electron chi connectivity index (χ0n) is 12.1. The van der Waals surface area contributed by atoms with Crippen molar-refractivity contribution >= 4 is 21.4 Å². The molecule has 0 saturated carbocycles. The van der Waals surface area contributed by atoms with Crippen LogP contribution in [0.5, 0.6) is 0 Å². The van der Waals surface area contributed by atoms with Crippen LogP contribution in [0.2, 0.25) is 0 Å². The van der Waals surface area contributed by atoms with Gasteiger partial charge >= 0.3 is 0 Å². The third-order valence-electron chi connectivity index (χ3n) is 3.69. The van der Waals surface area contributed by atoms with E-state index in [-0.39, 0.29) is 0 Å². The molecule has 0 aliphatic heterocycles. The Labute approximate surface area is 121 Å². The first-order chi connectivity index (χ1) is 9.35. The van der Waals surface area contributed by atoms with Crippen molar-refractivity contribution in [1.29, 1.82) is 0 Å². The van der Waals surface area contributed by atoms with Gasteiger partial charge in [0.25, 0.3) is 0 Å². The van der Waals surface area contributed by atoms with Gasteiger partial charge in [-0.1, -0.05) is 51.3 Å². The molecule has 0 aliphatic rings. The van der Waals surface area contributed by atoms with E-state index in [0.29, 0.717) is 6.04 Å². The van der Waals surface area contributed by atoms with Crippen LogP contribution in [0.25, 0.3) is 10.1 Å². The van der Waals surface area contributed by atoms with Gasteiger partial charge < -0.3 is 5.32 Å². The van der Waals surface area contributed by atoms with Gasteiger partial charge in [-0.05, 0) is 35.2 Å². The lowest BCUT2D eigenvalue weighted by Crippen LogP contribution is -2.28. The second kappa shape index (κ2) is 7.66. The molecule has 0 spiro atoms. The number of unbranched alkanes of at least 4 members (excludes halogenated alkanes) is 1. The van der Waals surface area contributed by atoms with Crippen molar-refractivity contribution in [3.8, 4) is 0 Å². The normalized spacial score (nSPS) is 12.9. The van der Waals surface area contributed by atoms with Crippen LogP contribution in [-0.2, 0) is 6.54 Å². The fraction of sp³-hybridized carbons (Fsp3) is 0.529. The summed E-state index contributed by atoms with van der Waals surface area (Å²) in [5, 5.41) is 7.48. The predicted octanol–water partition coefficient (Wildman–Crippen LogP) is 5.35. The average molecular weight is 275 g/mol. The SMILES string of the molecule is CCCCC(CCC)NCc1csc2ccccc12. The molecular formula is C17H25NS. The zero-order chi connectivity index (χ0) is 13.5. The highest BCUT2D eigenvalue weighted by atomic mass is 32.1. The van der Waals surface area contributed by atoms with Crippen molar-refractivity contribution in [2.75, 3.05) is 0 Å². The minimum atomic E-state index is 0.684. The van der Waals surface area contributed by atoms with Crippen molar-refractivity contribution in [3.63, 3.8) is 0 Å². The number of hydrogen-bond acceptors (Lipinski definition) is 2. The maximum absolute atomic E-state index is 3.76. The molecule has 1 nitrogen and oxygen atoms in total. The van der Waals surface area contributed by atoms with E-state index in [4.69, 9.17) is 0 Å². The molecule has 19 heavy (non-hydrogen) atoms. The van der Waals surface area contributed by atoms with Crippen LogP contribution >= 0.6 is 11.3 Å². The molecule has 104 valence electrons. The van der Waals surface area contributed by atoms with Crippen LogP contribution in [0.15, 0.2) is 29.6 Å². The topological polar surface area (TPSA) is 12.0 Å². The van der Waals surface area contributed by atoms with E-state index in [1.807, 2.05) is 11.3 Å². The summed E-state index contributed by atoms with van der Waals surface area (Å²) in [6, 6.07) is 9.40. The highest BCUT2D eigenvalue weighted by molar-refractivity contribution is 7.17. The first-order valence-electron chi connectivity index (χ1n) is 7.53. The van der Waals surface area contributed by atoms with E-state index in [9.17, 15) is 0 Å². The maximum atomic E-state index is 3.76. The summed E-state index contributed by atoms with van der Waals surface area (Å²) >= 11 is 1.86. The maximum Gasteiger partial charge on any atom is 0.0346 e. The average Bonchev–Trinajstić information content (AvgIpc) is 2.85. The van der Waals surface area contributed by atoms with Gasteiger partial charge in [0.2, 0.25) is 0 Å². The van der Waals surface area contributed by atoms with Crippen molar-refractivity contribution in [2.45, 2.75) is 58.5 Å². The number of rotatable bonds is 8. The molecule has 0 bridgehead atoms. The van der Waals surface area contributed by atoms with Crippen molar-refractivity contribution in [2.24, 2.45) is 0 Å². The molecule has 0 saturated heterocycles. The summed E-state index contributed by atoms with van der Waals surface area (Å²) in [5.41, 5.74) is 1.46. The zero-order valence-corrected chi connectivity index (χ0v) is 12.9. The Balaban J connectivity index is 1.96. The molecule has 1 N–H and O–H groups in total. The first-order valence-corrected chi connectivity index (χ1v) is 8.41. The van der Waals surface area contributed by atoms with Crippen LogP contribution in [0.3, 0.4) is 0 Å². The highest BCUT2D eigenvalue weighted by Crippen LogP contribution is 2.25. The molecule has 2 aromatic rings. The van der Waals surface area contributed by atoms with Crippen LogP contribution in [0.1, 0.15) is 51.5 Å². The number of hydrogen-bond donors (Lipinski definition) is 1. The Morgan fingerprint density at radius 2 is 1.95 bits per heavy atom. The molecule has 0 aliphatic carbocycles. The second-order valence-corrected chi connectivity index (χ2v) is 6.18. The molecule has 0 radical (unpaired) electrons. The van der Waals surface area contributed by atoms with E-state index in [2.05, 4.69) is 48.8 Å². The molecule has 1 unspecified atom stereocenters. The van der Waals surface area contributed by atoms with Crippen LogP contribution in [0, 0.1) is 0 Å². The predicted molar refractivity (Wildman–Crippen MR) is 86.9 cm³/mol. The van der Waals surface area contributed by atoms with Crippen LogP contribution < -0.4 is 5.32 Å². The lowest BCUT2D eigenvalue weighted by atomic mass is 10.0. The number of nitrogens with one attached hydrogen (secondary N) is 1.